The highest BCUT2D eigenvalue weighted by atomic mass is 127. The van der Waals surface area contributed by atoms with E-state index in [2.05, 4.69) is 37.1 Å². The smallest absolute Gasteiger partial charge is 0.216 e. The zero-order valence-electron chi connectivity index (χ0n) is 12.5. The summed E-state index contributed by atoms with van der Waals surface area (Å²) in [7, 11) is -3.06. The molecule has 1 aliphatic heterocycles. The molecule has 1 saturated carbocycles. The maximum absolute atomic E-state index is 12.3. The predicted molar refractivity (Wildman–Crippen MR) is 96.4 cm³/mol. The molecule has 1 aliphatic carbocycles. The van der Waals surface area contributed by atoms with Crippen LogP contribution in [0.1, 0.15) is 31.7 Å². The Labute approximate surface area is 148 Å². The Hall–Kier alpha value is -0.940. The van der Waals surface area contributed by atoms with Crippen LogP contribution in [0.15, 0.2) is 12.5 Å². The van der Waals surface area contributed by atoms with Crippen molar-refractivity contribution in [3.8, 4) is 0 Å². The van der Waals surface area contributed by atoms with Crippen LogP contribution in [0.25, 0.3) is 11.0 Å². The van der Waals surface area contributed by atoms with Gasteiger partial charge in [0, 0.05) is 28.9 Å². The van der Waals surface area contributed by atoms with Gasteiger partial charge in [-0.3, -0.25) is 0 Å². The Morgan fingerprint density at radius 2 is 1.87 bits per heavy atom. The molecule has 0 aromatic carbocycles. The molecule has 124 valence electrons. The minimum absolute atomic E-state index is 0.125. The lowest BCUT2D eigenvalue weighted by Gasteiger charge is -2.32. The van der Waals surface area contributed by atoms with E-state index in [9.17, 15) is 8.42 Å². The van der Waals surface area contributed by atoms with Crippen LogP contribution < -0.4 is 5.73 Å². The maximum atomic E-state index is 12.3. The molecule has 0 radical (unpaired) electrons. The Bertz CT molecular complexity index is 853. The van der Waals surface area contributed by atoms with Crippen LogP contribution in [0.5, 0.6) is 0 Å². The largest absolute Gasteiger partial charge is 0.383 e. The van der Waals surface area contributed by atoms with Crippen molar-refractivity contribution in [2.24, 2.45) is 0 Å². The first kappa shape index (κ1) is 15.6. The maximum Gasteiger partial charge on any atom is 0.216 e. The number of hydrogen-bond donors (Lipinski definition) is 1. The molecular weight excluding hydrogens is 429 g/mol. The zero-order chi connectivity index (χ0) is 16.2. The molecule has 0 spiro atoms. The fourth-order valence-corrected chi connectivity index (χ4v) is 5.98. The van der Waals surface area contributed by atoms with E-state index in [4.69, 9.17) is 5.73 Å². The summed E-state index contributed by atoms with van der Waals surface area (Å²) in [6.07, 6.45) is 6.77. The van der Waals surface area contributed by atoms with Gasteiger partial charge in [-0.25, -0.2) is 22.7 Å². The molecule has 23 heavy (non-hydrogen) atoms. The molecule has 2 aromatic rings. The van der Waals surface area contributed by atoms with Crippen LogP contribution in [-0.4, -0.2) is 45.6 Å². The van der Waals surface area contributed by atoms with Gasteiger partial charge < -0.3 is 10.3 Å². The third-order valence-electron chi connectivity index (χ3n) is 4.71. The van der Waals surface area contributed by atoms with E-state index in [0.717, 1.165) is 40.3 Å². The summed E-state index contributed by atoms with van der Waals surface area (Å²) in [4.78, 5) is 8.44. The molecule has 4 rings (SSSR count). The van der Waals surface area contributed by atoms with Gasteiger partial charge in [-0.1, -0.05) is 0 Å². The van der Waals surface area contributed by atoms with Crippen LogP contribution in [0.4, 0.5) is 5.82 Å². The van der Waals surface area contributed by atoms with Gasteiger partial charge in [0.05, 0.1) is 10.6 Å². The summed E-state index contributed by atoms with van der Waals surface area (Å²) >= 11 is 2.25. The van der Waals surface area contributed by atoms with Crippen molar-refractivity contribution in [3.63, 3.8) is 0 Å². The second kappa shape index (κ2) is 5.55. The summed E-state index contributed by atoms with van der Waals surface area (Å²) in [5.74, 6) is 0.492. The zero-order valence-corrected chi connectivity index (χ0v) is 15.5. The van der Waals surface area contributed by atoms with E-state index in [1.165, 1.54) is 6.33 Å². The van der Waals surface area contributed by atoms with Crippen LogP contribution in [0, 0.1) is 3.57 Å². The quantitative estimate of drug-likeness (QED) is 0.724. The molecule has 3 heterocycles. The molecular formula is C14H18IN5O2S. The first-order valence-corrected chi connectivity index (χ1v) is 10.3. The SMILES string of the molecule is Nc1ncnc2c1c(I)cn2C1CCN(S(=O)(=O)C2CC2)CC1. The van der Waals surface area contributed by atoms with E-state index in [-0.39, 0.29) is 11.3 Å². The van der Waals surface area contributed by atoms with E-state index in [1.54, 1.807) is 4.31 Å². The third-order valence-corrected chi connectivity index (χ3v) is 7.93. The Balaban J connectivity index is 1.58. The first-order chi connectivity index (χ1) is 11.0. The molecule has 7 nitrogen and oxygen atoms in total. The highest BCUT2D eigenvalue weighted by molar-refractivity contribution is 14.1. The number of nitrogen functional groups attached to an aromatic ring is 1. The van der Waals surface area contributed by atoms with E-state index >= 15 is 0 Å². The molecule has 2 aromatic heterocycles. The minimum atomic E-state index is -3.06. The van der Waals surface area contributed by atoms with Crippen LogP contribution in [0.3, 0.4) is 0 Å². The van der Waals surface area contributed by atoms with Gasteiger partial charge in [-0.15, -0.1) is 0 Å². The van der Waals surface area contributed by atoms with Gasteiger partial charge >= 0.3 is 0 Å². The number of fused-ring (bicyclic) bond motifs is 1. The number of halogens is 1. The summed E-state index contributed by atoms with van der Waals surface area (Å²) in [6.45, 7) is 1.17. The Morgan fingerprint density at radius 3 is 2.52 bits per heavy atom. The topological polar surface area (TPSA) is 94.1 Å². The fourth-order valence-electron chi connectivity index (χ4n) is 3.29. The Kier molecular flexibility index (Phi) is 3.76. The van der Waals surface area contributed by atoms with E-state index in [1.807, 2.05) is 6.20 Å². The van der Waals surface area contributed by atoms with E-state index in [0.29, 0.717) is 18.9 Å². The van der Waals surface area contributed by atoms with Crippen molar-refractivity contribution in [3.05, 3.63) is 16.1 Å². The molecule has 0 amide bonds. The summed E-state index contributed by atoms with van der Waals surface area (Å²) in [5.41, 5.74) is 6.80. The van der Waals surface area contributed by atoms with Gasteiger partial charge in [0.1, 0.15) is 17.8 Å². The molecule has 2 aliphatic rings. The number of hydrogen-bond acceptors (Lipinski definition) is 5. The summed E-state index contributed by atoms with van der Waals surface area (Å²) in [5, 5.41) is 0.765. The van der Waals surface area contributed by atoms with Crippen LogP contribution in [0.2, 0.25) is 0 Å². The predicted octanol–water partition coefficient (Wildman–Crippen LogP) is 1.75. The molecule has 1 saturated heterocycles. The minimum Gasteiger partial charge on any atom is -0.383 e. The van der Waals surface area contributed by atoms with Crippen molar-refractivity contribution in [1.82, 2.24) is 18.8 Å². The van der Waals surface area contributed by atoms with Gasteiger partial charge in [0.25, 0.3) is 0 Å². The molecule has 0 unspecified atom stereocenters. The lowest BCUT2D eigenvalue weighted by atomic mass is 10.1. The molecule has 2 fully saturated rings. The van der Waals surface area contributed by atoms with E-state index < -0.39 is 10.0 Å². The lowest BCUT2D eigenvalue weighted by Crippen LogP contribution is -2.40. The van der Waals surface area contributed by atoms with Gasteiger partial charge in [-0.2, -0.15) is 0 Å². The summed E-state index contributed by atoms with van der Waals surface area (Å²) in [6, 6.07) is 0.251. The van der Waals surface area contributed by atoms with Gasteiger partial charge in [0.15, 0.2) is 0 Å². The standard InChI is InChI=1S/C14H18IN5O2S/c15-11-7-20(14-12(11)13(16)17-8-18-14)9-3-5-19(6-4-9)23(21,22)10-1-2-10/h7-10H,1-6H2,(H2,16,17,18). The van der Waals surface area contributed by atoms with Crippen molar-refractivity contribution < 1.29 is 8.42 Å². The van der Waals surface area contributed by atoms with Gasteiger partial charge in [0.2, 0.25) is 10.0 Å². The monoisotopic (exact) mass is 447 g/mol. The number of nitrogens with two attached hydrogens (primary N) is 1. The third kappa shape index (κ3) is 2.62. The van der Waals surface area contributed by atoms with Crippen molar-refractivity contribution in [1.29, 1.82) is 0 Å². The highest BCUT2D eigenvalue weighted by Crippen LogP contribution is 2.36. The second-order valence-electron chi connectivity index (χ2n) is 6.22. The van der Waals surface area contributed by atoms with Crippen LogP contribution >= 0.6 is 22.6 Å². The number of piperidine rings is 1. The lowest BCUT2D eigenvalue weighted by molar-refractivity contribution is 0.277. The number of anilines is 1. The number of sulfonamides is 1. The molecule has 0 atom stereocenters. The fraction of sp³-hybridized carbons (Fsp3) is 0.571. The molecule has 2 N–H and O–H groups in total. The number of nitrogens with zero attached hydrogens (tertiary/aromatic N) is 4. The average Bonchev–Trinajstić information content (AvgIpc) is 3.33. The van der Waals surface area contributed by atoms with Crippen LogP contribution in [-0.2, 0) is 10.0 Å². The van der Waals surface area contributed by atoms with Crippen molar-refractivity contribution in [2.75, 3.05) is 18.8 Å². The molecule has 0 bridgehead atoms. The normalized spacial score (nSPS) is 21.1. The summed E-state index contributed by atoms with van der Waals surface area (Å²) < 4.78 is 29.5. The number of aromatic nitrogens is 3. The Morgan fingerprint density at radius 1 is 1.17 bits per heavy atom. The van der Waals surface area contributed by atoms with Gasteiger partial charge in [-0.05, 0) is 48.3 Å². The highest BCUT2D eigenvalue weighted by Gasteiger charge is 2.41. The second-order valence-corrected chi connectivity index (χ2v) is 9.59. The average molecular weight is 447 g/mol. The molecule has 9 heteroatoms. The van der Waals surface area contributed by atoms with Crippen molar-refractivity contribution >= 4 is 49.5 Å². The van der Waals surface area contributed by atoms with Crippen molar-refractivity contribution in [2.45, 2.75) is 37.0 Å². The first-order valence-electron chi connectivity index (χ1n) is 7.74. The number of rotatable bonds is 3.